The predicted molar refractivity (Wildman–Crippen MR) is 121 cm³/mol. The van der Waals surface area contributed by atoms with E-state index in [0.717, 1.165) is 41.9 Å². The molecule has 0 radical (unpaired) electrons. The summed E-state index contributed by atoms with van der Waals surface area (Å²) in [6.07, 6.45) is 6.32. The second-order valence-corrected chi connectivity index (χ2v) is 10.2. The highest BCUT2D eigenvalue weighted by Gasteiger charge is 2.31. The number of rotatable bonds is 5. The number of aromatic nitrogens is 1. The number of nitrogens with zero attached hydrogens (tertiary/aromatic N) is 2. The number of hydrogen-bond acceptors (Lipinski definition) is 3. The van der Waals surface area contributed by atoms with Crippen molar-refractivity contribution in [2.45, 2.75) is 51.6 Å². The van der Waals surface area contributed by atoms with Crippen LogP contribution in [0.2, 0.25) is 0 Å². The molecule has 2 saturated carbocycles. The fraction of sp³-hybridized carbons (Fsp3) is 0.440. The van der Waals surface area contributed by atoms with Crippen molar-refractivity contribution in [2.75, 3.05) is 6.54 Å². The highest BCUT2D eigenvalue weighted by Crippen LogP contribution is 2.36. The van der Waals surface area contributed by atoms with Gasteiger partial charge in [-0.05, 0) is 66.0 Å². The van der Waals surface area contributed by atoms with Crippen LogP contribution in [0.5, 0.6) is 0 Å². The Kier molecular flexibility index (Phi) is 4.34. The Balaban J connectivity index is 1.45. The third-order valence-corrected chi connectivity index (χ3v) is 7.85. The smallest absolute Gasteiger partial charge is 0.258 e. The molecular weight excluding hydrogens is 392 g/mol. The molecule has 2 aliphatic carbocycles. The van der Waals surface area contributed by atoms with Gasteiger partial charge in [0.05, 0.1) is 0 Å². The van der Waals surface area contributed by atoms with Gasteiger partial charge in [-0.25, -0.2) is 0 Å². The summed E-state index contributed by atoms with van der Waals surface area (Å²) in [4.78, 5) is 28.4. The lowest BCUT2D eigenvalue weighted by Gasteiger charge is -2.31. The van der Waals surface area contributed by atoms with Crippen LogP contribution < -0.4 is 5.56 Å². The van der Waals surface area contributed by atoms with Crippen LogP contribution in [0.1, 0.15) is 43.4 Å². The zero-order valence-electron chi connectivity index (χ0n) is 17.1. The van der Waals surface area contributed by atoms with Gasteiger partial charge < -0.3 is 9.47 Å². The van der Waals surface area contributed by atoms with Gasteiger partial charge in [-0.1, -0.05) is 18.2 Å². The molecule has 3 heterocycles. The van der Waals surface area contributed by atoms with Crippen molar-refractivity contribution in [1.82, 2.24) is 9.47 Å². The van der Waals surface area contributed by atoms with Gasteiger partial charge in [-0.2, -0.15) is 0 Å². The van der Waals surface area contributed by atoms with E-state index >= 15 is 0 Å². The molecule has 3 aromatic rings. The number of carbonyl (C=O) groups excluding carboxylic acids is 1. The molecule has 1 amide bonds. The van der Waals surface area contributed by atoms with Crippen LogP contribution in [0.15, 0.2) is 40.5 Å². The first kappa shape index (κ1) is 18.4. The molecule has 0 spiro atoms. The van der Waals surface area contributed by atoms with Crippen LogP contribution >= 0.6 is 11.3 Å². The van der Waals surface area contributed by atoms with Gasteiger partial charge >= 0.3 is 0 Å². The molecular formula is C25H26N2O2S. The molecule has 0 atom stereocenters. The molecule has 154 valence electrons. The van der Waals surface area contributed by atoms with E-state index in [-0.39, 0.29) is 11.5 Å². The molecule has 1 aliphatic heterocycles. The molecule has 2 aromatic heterocycles. The van der Waals surface area contributed by atoms with Crippen LogP contribution in [-0.4, -0.2) is 21.9 Å². The van der Waals surface area contributed by atoms with Crippen LogP contribution in [0.25, 0.3) is 21.2 Å². The van der Waals surface area contributed by atoms with Gasteiger partial charge in [0, 0.05) is 54.0 Å². The Bertz CT molecular complexity index is 1200. The Morgan fingerprint density at radius 3 is 2.70 bits per heavy atom. The zero-order chi connectivity index (χ0) is 20.2. The molecule has 1 aromatic carbocycles. The number of thiophene rings is 1. The van der Waals surface area contributed by atoms with Crippen molar-refractivity contribution in [2.24, 2.45) is 11.8 Å². The van der Waals surface area contributed by atoms with Gasteiger partial charge in [0.1, 0.15) is 0 Å². The molecule has 0 bridgehead atoms. The average Bonchev–Trinajstić information content (AvgIpc) is 3.69. The van der Waals surface area contributed by atoms with Gasteiger partial charge in [-0.15, -0.1) is 11.3 Å². The Hall–Kier alpha value is -2.40. The van der Waals surface area contributed by atoms with E-state index in [1.807, 2.05) is 11.0 Å². The van der Waals surface area contributed by atoms with Crippen molar-refractivity contribution in [3.05, 3.63) is 57.3 Å². The first-order chi connectivity index (χ1) is 14.7. The minimum atomic E-state index is 0.138. The summed E-state index contributed by atoms with van der Waals surface area (Å²) in [6.45, 7) is 2.20. The van der Waals surface area contributed by atoms with E-state index in [1.165, 1.54) is 35.8 Å². The van der Waals surface area contributed by atoms with Crippen molar-refractivity contribution in [3.63, 3.8) is 0 Å². The van der Waals surface area contributed by atoms with Crippen LogP contribution in [0.4, 0.5) is 0 Å². The number of fused-ring (bicyclic) bond motifs is 2. The lowest BCUT2D eigenvalue weighted by Crippen LogP contribution is -2.39. The summed E-state index contributed by atoms with van der Waals surface area (Å²) in [5.41, 5.74) is 4.28. The van der Waals surface area contributed by atoms with E-state index in [2.05, 4.69) is 34.2 Å². The minimum Gasteiger partial charge on any atom is -0.338 e. The summed E-state index contributed by atoms with van der Waals surface area (Å²) in [5.74, 6) is 1.52. The maximum Gasteiger partial charge on any atom is 0.258 e. The van der Waals surface area contributed by atoms with Crippen molar-refractivity contribution < 1.29 is 4.79 Å². The molecule has 4 nitrogen and oxygen atoms in total. The first-order valence-electron chi connectivity index (χ1n) is 11.2. The van der Waals surface area contributed by atoms with Gasteiger partial charge in [-0.3, -0.25) is 9.59 Å². The fourth-order valence-corrected chi connectivity index (χ4v) is 5.71. The van der Waals surface area contributed by atoms with Gasteiger partial charge in [0.2, 0.25) is 5.91 Å². The average molecular weight is 419 g/mol. The van der Waals surface area contributed by atoms with Gasteiger partial charge in [0.25, 0.3) is 5.56 Å². The Morgan fingerprint density at radius 1 is 1.07 bits per heavy atom. The highest BCUT2D eigenvalue weighted by molar-refractivity contribution is 7.17. The maximum atomic E-state index is 13.6. The monoisotopic (exact) mass is 418 g/mol. The predicted octanol–water partition coefficient (Wildman–Crippen LogP) is 4.82. The molecule has 0 saturated heterocycles. The fourth-order valence-electron chi connectivity index (χ4n) is 4.78. The standard InChI is InChI=1S/C25H26N2O2S/c28-23(12-16-4-5-16)26-10-8-22-19(15-26)13-21(25(29)27(22)14-17-6-7-17)20-3-1-2-18-9-11-30-24(18)20/h1-3,9,11,13,16-17H,4-8,10,12,14-15H2. The van der Waals surface area contributed by atoms with E-state index < -0.39 is 0 Å². The molecule has 3 aliphatic rings. The maximum absolute atomic E-state index is 13.6. The summed E-state index contributed by atoms with van der Waals surface area (Å²) in [7, 11) is 0. The van der Waals surface area contributed by atoms with Crippen LogP contribution in [-0.2, 0) is 24.3 Å². The Morgan fingerprint density at radius 2 is 1.90 bits per heavy atom. The van der Waals surface area contributed by atoms with Crippen molar-refractivity contribution in [1.29, 1.82) is 0 Å². The molecule has 0 N–H and O–H groups in total. The highest BCUT2D eigenvalue weighted by atomic mass is 32.1. The summed E-state index contributed by atoms with van der Waals surface area (Å²) in [6, 6.07) is 10.4. The first-order valence-corrected chi connectivity index (χ1v) is 12.1. The van der Waals surface area contributed by atoms with E-state index in [9.17, 15) is 9.59 Å². The second kappa shape index (κ2) is 7.09. The molecule has 2 fully saturated rings. The third kappa shape index (κ3) is 3.29. The number of benzene rings is 1. The van der Waals surface area contributed by atoms with Crippen molar-refractivity contribution in [3.8, 4) is 11.1 Å². The topological polar surface area (TPSA) is 42.3 Å². The second-order valence-electron chi connectivity index (χ2n) is 9.25. The van der Waals surface area contributed by atoms with E-state index in [1.54, 1.807) is 11.3 Å². The molecule has 30 heavy (non-hydrogen) atoms. The summed E-state index contributed by atoms with van der Waals surface area (Å²) >= 11 is 1.69. The zero-order valence-corrected chi connectivity index (χ0v) is 17.9. The van der Waals surface area contributed by atoms with E-state index in [4.69, 9.17) is 0 Å². The van der Waals surface area contributed by atoms with Gasteiger partial charge in [0.15, 0.2) is 0 Å². The van der Waals surface area contributed by atoms with E-state index in [0.29, 0.717) is 24.8 Å². The number of amides is 1. The van der Waals surface area contributed by atoms with Crippen molar-refractivity contribution >= 4 is 27.3 Å². The molecule has 0 unspecified atom stereocenters. The largest absolute Gasteiger partial charge is 0.338 e. The normalized spacial score (nSPS) is 18.6. The quantitative estimate of drug-likeness (QED) is 0.596. The lowest BCUT2D eigenvalue weighted by molar-refractivity contribution is -0.132. The molecule has 6 rings (SSSR count). The summed E-state index contributed by atoms with van der Waals surface area (Å²) in [5, 5.41) is 3.28. The number of hydrogen-bond donors (Lipinski definition) is 0. The van der Waals surface area contributed by atoms with Crippen LogP contribution in [0, 0.1) is 11.8 Å². The molecule has 5 heteroatoms. The third-order valence-electron chi connectivity index (χ3n) is 6.89. The Labute approximate surface area is 180 Å². The number of carbonyl (C=O) groups is 1. The lowest BCUT2D eigenvalue weighted by atomic mass is 9.98. The minimum absolute atomic E-state index is 0.138. The van der Waals surface area contributed by atoms with Crippen LogP contribution in [0.3, 0.4) is 0 Å². The SMILES string of the molecule is O=C(CC1CC1)N1CCc2c(cc(-c3cccc4ccsc34)c(=O)n2CC2CC2)C1. The number of pyridine rings is 1. The summed E-state index contributed by atoms with van der Waals surface area (Å²) < 4.78 is 3.22.